The third kappa shape index (κ3) is 4.62. The quantitative estimate of drug-likeness (QED) is 0.505. The molecule has 0 saturated heterocycles. The summed E-state index contributed by atoms with van der Waals surface area (Å²) in [5.41, 5.74) is -0.164. The summed E-state index contributed by atoms with van der Waals surface area (Å²) in [6, 6.07) is 1.20. The Morgan fingerprint density at radius 2 is 2.06 bits per heavy atom. The van der Waals surface area contributed by atoms with Crippen molar-refractivity contribution in [2.24, 2.45) is 5.92 Å². The molecule has 2 unspecified atom stereocenters. The molecule has 188 valence electrons. The van der Waals surface area contributed by atoms with E-state index in [1.54, 1.807) is 18.7 Å². The molecule has 2 N–H and O–H groups in total. The van der Waals surface area contributed by atoms with Crippen LogP contribution in [0.4, 0.5) is 28.0 Å². The molecule has 12 heteroatoms. The van der Waals surface area contributed by atoms with Crippen molar-refractivity contribution >= 4 is 17.6 Å². The molecule has 0 fully saturated rings. The van der Waals surface area contributed by atoms with Crippen LogP contribution in [0.5, 0.6) is 0 Å². The smallest absolute Gasteiger partial charge is 0.389 e. The fraction of sp³-hybridized carbons (Fsp3) is 0.435. The van der Waals surface area contributed by atoms with Gasteiger partial charge in [-0.1, -0.05) is 6.08 Å². The lowest BCUT2D eigenvalue weighted by molar-refractivity contribution is -0.139. The van der Waals surface area contributed by atoms with Crippen molar-refractivity contribution in [3.8, 4) is 0 Å². The number of aliphatic hydroxyl groups excluding tert-OH is 1. The molecule has 4 rings (SSSR count). The van der Waals surface area contributed by atoms with Crippen LogP contribution >= 0.6 is 0 Å². The second-order valence-corrected chi connectivity index (χ2v) is 8.93. The number of nitrogens with one attached hydrogen (secondary N) is 1. The lowest BCUT2D eigenvalue weighted by atomic mass is 9.99. The van der Waals surface area contributed by atoms with Gasteiger partial charge in [0.2, 0.25) is 0 Å². The van der Waals surface area contributed by atoms with Gasteiger partial charge in [0.05, 0.1) is 23.9 Å². The molecule has 2 aromatic rings. The topological polar surface area (TPSA) is 90.7 Å². The third-order valence-electron chi connectivity index (χ3n) is 6.46. The van der Waals surface area contributed by atoms with E-state index in [1.165, 1.54) is 15.9 Å². The average molecular weight is 495 g/mol. The predicted molar refractivity (Wildman–Crippen MR) is 118 cm³/mol. The molecule has 0 bridgehead atoms. The summed E-state index contributed by atoms with van der Waals surface area (Å²) in [6.45, 7) is 5.95. The van der Waals surface area contributed by atoms with E-state index in [2.05, 4.69) is 17.0 Å². The Kier molecular flexibility index (Phi) is 6.34. The number of carbonyl (C=O) groups is 2. The first kappa shape index (κ1) is 24.7. The number of alkyl halides is 3. The summed E-state index contributed by atoms with van der Waals surface area (Å²) in [5, 5.41) is 17.3. The number of halogens is 4. The molecule has 0 aliphatic carbocycles. The van der Waals surface area contributed by atoms with Gasteiger partial charge in [0.25, 0.3) is 5.91 Å². The van der Waals surface area contributed by atoms with Gasteiger partial charge >= 0.3 is 12.2 Å². The van der Waals surface area contributed by atoms with E-state index in [0.717, 1.165) is 6.07 Å². The van der Waals surface area contributed by atoms with E-state index in [9.17, 15) is 32.3 Å². The number of rotatable bonds is 3. The van der Waals surface area contributed by atoms with Gasteiger partial charge in [-0.15, -0.1) is 6.58 Å². The van der Waals surface area contributed by atoms with Crippen LogP contribution < -0.4 is 5.32 Å². The normalized spacial score (nSPS) is 21.2. The van der Waals surface area contributed by atoms with Crippen LogP contribution in [0.1, 0.15) is 34.2 Å². The molecule has 3 amide bonds. The van der Waals surface area contributed by atoms with Crippen molar-refractivity contribution in [3.05, 3.63) is 59.2 Å². The number of urea groups is 1. The van der Waals surface area contributed by atoms with Gasteiger partial charge in [0.15, 0.2) is 0 Å². The third-order valence-corrected chi connectivity index (χ3v) is 6.46. The van der Waals surface area contributed by atoms with Gasteiger partial charge in [-0.05, 0) is 25.1 Å². The molecule has 35 heavy (non-hydrogen) atoms. The van der Waals surface area contributed by atoms with E-state index >= 15 is 0 Å². The Bertz CT molecular complexity index is 1180. The zero-order valence-corrected chi connectivity index (χ0v) is 19.1. The number of aromatic nitrogens is 2. The Morgan fingerprint density at radius 1 is 1.34 bits per heavy atom. The molecular formula is C23H25F4N5O3. The van der Waals surface area contributed by atoms with Crippen LogP contribution in [0, 0.1) is 11.7 Å². The Morgan fingerprint density at radius 3 is 2.71 bits per heavy atom. The molecule has 1 aromatic heterocycles. The lowest BCUT2D eigenvalue weighted by Crippen LogP contribution is -2.45. The first-order valence-electron chi connectivity index (χ1n) is 11.0. The number of benzene rings is 1. The van der Waals surface area contributed by atoms with Gasteiger partial charge in [-0.2, -0.15) is 18.3 Å². The van der Waals surface area contributed by atoms with E-state index < -0.39 is 29.7 Å². The summed E-state index contributed by atoms with van der Waals surface area (Å²) in [5.74, 6) is -2.06. The molecule has 1 aromatic carbocycles. The maximum Gasteiger partial charge on any atom is 0.419 e. The number of nitrogens with zero attached hydrogens (tertiary/aromatic N) is 4. The van der Waals surface area contributed by atoms with Crippen LogP contribution in [0.25, 0.3) is 0 Å². The Balaban J connectivity index is 1.61. The van der Waals surface area contributed by atoms with Crippen molar-refractivity contribution in [2.45, 2.75) is 44.8 Å². The predicted octanol–water partition coefficient (Wildman–Crippen LogP) is 3.27. The van der Waals surface area contributed by atoms with Crippen LogP contribution in [-0.4, -0.2) is 62.4 Å². The minimum atomic E-state index is -4.91. The molecule has 0 radical (unpaired) electrons. The highest BCUT2D eigenvalue weighted by Crippen LogP contribution is 2.34. The fourth-order valence-corrected chi connectivity index (χ4v) is 4.56. The SMILES string of the molecule is C=CC(O)C1CN(C)C(=O)c2c3c(nn2C1)C[C@@H](C)N(C(=O)Nc1ccc(F)c(C(F)(F)F)c1)C3. The number of hydrogen-bond acceptors (Lipinski definition) is 4. The van der Waals surface area contributed by atoms with Crippen molar-refractivity contribution in [1.29, 1.82) is 0 Å². The van der Waals surface area contributed by atoms with Crippen molar-refractivity contribution in [3.63, 3.8) is 0 Å². The summed E-state index contributed by atoms with van der Waals surface area (Å²) >= 11 is 0. The number of fused-ring (bicyclic) bond motifs is 3. The summed E-state index contributed by atoms with van der Waals surface area (Å²) in [4.78, 5) is 29.0. The molecular weight excluding hydrogens is 470 g/mol. The molecule has 0 spiro atoms. The summed E-state index contributed by atoms with van der Waals surface area (Å²) < 4.78 is 54.3. The second-order valence-electron chi connectivity index (χ2n) is 8.93. The molecule has 0 saturated carbocycles. The number of amides is 3. The van der Waals surface area contributed by atoms with Crippen LogP contribution in [-0.2, 0) is 25.7 Å². The van der Waals surface area contributed by atoms with Crippen LogP contribution in [0.3, 0.4) is 0 Å². The van der Waals surface area contributed by atoms with Gasteiger partial charge in [-0.25, -0.2) is 9.18 Å². The Hall–Kier alpha value is -3.41. The number of carbonyl (C=O) groups excluding carboxylic acids is 2. The van der Waals surface area contributed by atoms with Crippen molar-refractivity contribution in [2.75, 3.05) is 18.9 Å². The van der Waals surface area contributed by atoms with Gasteiger partial charge in [-0.3, -0.25) is 9.48 Å². The number of hydrogen-bond donors (Lipinski definition) is 2. The van der Waals surface area contributed by atoms with Gasteiger partial charge < -0.3 is 20.2 Å². The van der Waals surface area contributed by atoms with E-state index in [4.69, 9.17) is 0 Å². The average Bonchev–Trinajstić information content (AvgIpc) is 3.07. The monoisotopic (exact) mass is 495 g/mol. The van der Waals surface area contributed by atoms with Gasteiger partial charge in [0.1, 0.15) is 11.5 Å². The molecule has 2 aliphatic heterocycles. The molecule has 3 heterocycles. The maximum atomic E-state index is 13.6. The van der Waals surface area contributed by atoms with Crippen LogP contribution in [0.15, 0.2) is 30.9 Å². The zero-order chi connectivity index (χ0) is 25.7. The number of aliphatic hydroxyl groups is 1. The van der Waals surface area contributed by atoms with Crippen LogP contribution in [0.2, 0.25) is 0 Å². The molecule has 3 atom stereocenters. The lowest BCUT2D eigenvalue weighted by Gasteiger charge is -2.33. The maximum absolute atomic E-state index is 13.6. The second kappa shape index (κ2) is 8.99. The highest BCUT2D eigenvalue weighted by atomic mass is 19.4. The van der Waals surface area contributed by atoms with Crippen molar-refractivity contribution in [1.82, 2.24) is 19.6 Å². The van der Waals surface area contributed by atoms with E-state index in [0.29, 0.717) is 35.5 Å². The summed E-state index contributed by atoms with van der Waals surface area (Å²) in [6.07, 6.45) is -4.01. The van der Waals surface area contributed by atoms with E-state index in [-0.39, 0.29) is 43.2 Å². The van der Waals surface area contributed by atoms with Gasteiger partial charge in [0, 0.05) is 49.8 Å². The minimum Gasteiger partial charge on any atom is -0.389 e. The van der Waals surface area contributed by atoms with Crippen molar-refractivity contribution < 1.29 is 32.3 Å². The Labute approximate surface area is 198 Å². The first-order chi connectivity index (χ1) is 16.4. The minimum absolute atomic E-state index is 0.0131. The number of anilines is 1. The largest absolute Gasteiger partial charge is 0.419 e. The molecule has 2 aliphatic rings. The highest BCUT2D eigenvalue weighted by Gasteiger charge is 2.38. The standard InChI is InChI=1S/C23H25F4N5O3/c1-4-19(33)13-9-30(3)21(34)20-15-11-31(12(2)7-18(15)29-32(20)10-13)22(35)28-14-5-6-17(24)16(8-14)23(25,26)27/h4-6,8,12-13,19,33H,1,7,9-11H2,2-3H3,(H,28,35)/t12-,13?,19?/m1/s1. The van der Waals surface area contributed by atoms with E-state index in [1.807, 2.05) is 0 Å². The fourth-order valence-electron chi connectivity index (χ4n) is 4.56. The highest BCUT2D eigenvalue weighted by molar-refractivity contribution is 5.95. The zero-order valence-electron chi connectivity index (χ0n) is 19.1. The first-order valence-corrected chi connectivity index (χ1v) is 11.0. The summed E-state index contributed by atoms with van der Waals surface area (Å²) in [7, 11) is 1.61. The molecule has 8 nitrogen and oxygen atoms in total.